The van der Waals surface area contributed by atoms with Crippen molar-refractivity contribution >= 4 is 27.6 Å². The fraction of sp³-hybridized carbons (Fsp3) is 0.538. The van der Waals surface area contributed by atoms with Gasteiger partial charge in [0.25, 0.3) is 15.9 Å². The summed E-state index contributed by atoms with van der Waals surface area (Å²) in [7, 11) is -2.21. The first kappa shape index (κ1) is 27.0. The zero-order chi connectivity index (χ0) is 26.6. The molecule has 3 atom stereocenters. The number of ketones is 1. The maximum atomic E-state index is 13.4. The molecule has 1 saturated heterocycles. The molecule has 2 fully saturated rings. The number of hydrogen-bond donors (Lipinski definition) is 2. The van der Waals surface area contributed by atoms with E-state index in [9.17, 15) is 22.8 Å². The number of Topliss-reactive ketones (excluding diaryl/α,β-unsaturated/α-hetero) is 1. The quantitative estimate of drug-likeness (QED) is 0.538. The molecule has 10 nitrogen and oxygen atoms in total. The van der Waals surface area contributed by atoms with Crippen LogP contribution in [-0.2, 0) is 26.7 Å². The fourth-order valence-corrected chi connectivity index (χ4v) is 6.80. The summed E-state index contributed by atoms with van der Waals surface area (Å²) in [5.74, 6) is -0.820. The average molecular weight is 530 g/mol. The minimum absolute atomic E-state index is 0.114. The van der Waals surface area contributed by atoms with Gasteiger partial charge in [-0.2, -0.15) is 4.31 Å². The van der Waals surface area contributed by atoms with Crippen molar-refractivity contribution in [2.24, 2.45) is 13.0 Å². The lowest BCUT2D eigenvalue weighted by molar-refractivity contribution is -0.129. The maximum Gasteiger partial charge on any atom is 0.268 e. The largest absolute Gasteiger partial charge is 0.347 e. The van der Waals surface area contributed by atoms with E-state index in [1.54, 1.807) is 49.0 Å². The molecular weight excluding hydrogens is 494 g/mol. The Balaban J connectivity index is 1.47. The second-order valence-electron chi connectivity index (χ2n) is 10.1. The van der Waals surface area contributed by atoms with Gasteiger partial charge >= 0.3 is 0 Å². The number of pyridine rings is 1. The third-order valence-corrected chi connectivity index (χ3v) is 9.31. The van der Waals surface area contributed by atoms with Crippen molar-refractivity contribution in [1.82, 2.24) is 24.5 Å². The summed E-state index contributed by atoms with van der Waals surface area (Å²) >= 11 is 0. The summed E-state index contributed by atoms with van der Waals surface area (Å²) in [5.41, 5.74) is 0.443. The van der Waals surface area contributed by atoms with Crippen LogP contribution >= 0.6 is 0 Å². The Morgan fingerprint density at radius 3 is 2.51 bits per heavy atom. The van der Waals surface area contributed by atoms with E-state index >= 15 is 0 Å². The SMILES string of the molecule is C[C@@H]1CCC(NC(=O)[C@H](CC2CCCC2)NC(=O)c2cccn2C)C(=O)CN1S(=O)(=O)c1ccccn1. The van der Waals surface area contributed by atoms with Crippen LogP contribution in [0.25, 0.3) is 0 Å². The first-order chi connectivity index (χ1) is 17.7. The molecular formula is C26H35N5O5S. The highest BCUT2D eigenvalue weighted by Gasteiger charge is 2.38. The van der Waals surface area contributed by atoms with Gasteiger partial charge in [0.1, 0.15) is 11.7 Å². The van der Waals surface area contributed by atoms with Gasteiger partial charge in [-0.25, -0.2) is 13.4 Å². The van der Waals surface area contributed by atoms with Gasteiger partial charge in [-0.15, -0.1) is 0 Å². The van der Waals surface area contributed by atoms with Crippen molar-refractivity contribution in [1.29, 1.82) is 0 Å². The Morgan fingerprint density at radius 1 is 1.11 bits per heavy atom. The Morgan fingerprint density at radius 2 is 1.86 bits per heavy atom. The predicted octanol–water partition coefficient (Wildman–Crippen LogP) is 2.03. The van der Waals surface area contributed by atoms with Crippen LogP contribution in [0.3, 0.4) is 0 Å². The Hall–Kier alpha value is -3.05. The maximum absolute atomic E-state index is 13.4. The molecule has 2 aliphatic rings. The monoisotopic (exact) mass is 529 g/mol. The van der Waals surface area contributed by atoms with Crippen molar-refractivity contribution in [2.75, 3.05) is 6.54 Å². The van der Waals surface area contributed by atoms with Crippen LogP contribution in [-0.4, -0.2) is 64.5 Å². The summed E-state index contributed by atoms with van der Waals surface area (Å²) in [5, 5.41) is 5.59. The number of amides is 2. The molecule has 1 unspecified atom stereocenters. The van der Waals surface area contributed by atoms with Crippen molar-refractivity contribution in [3.8, 4) is 0 Å². The number of nitrogens with zero attached hydrogens (tertiary/aromatic N) is 3. The molecule has 0 bridgehead atoms. The second kappa shape index (κ2) is 11.6. The predicted molar refractivity (Wildman–Crippen MR) is 137 cm³/mol. The van der Waals surface area contributed by atoms with Crippen molar-refractivity contribution in [3.05, 3.63) is 48.4 Å². The van der Waals surface area contributed by atoms with Crippen LogP contribution < -0.4 is 10.6 Å². The van der Waals surface area contributed by atoms with Crippen LogP contribution in [0.15, 0.2) is 47.8 Å². The van der Waals surface area contributed by atoms with Crippen LogP contribution in [0.5, 0.6) is 0 Å². The van der Waals surface area contributed by atoms with E-state index in [0.29, 0.717) is 30.9 Å². The Bertz CT molecular complexity index is 1220. The van der Waals surface area contributed by atoms with Crippen molar-refractivity contribution in [2.45, 2.75) is 75.0 Å². The van der Waals surface area contributed by atoms with E-state index < -0.39 is 34.1 Å². The van der Waals surface area contributed by atoms with Gasteiger partial charge in [0.2, 0.25) is 5.91 Å². The molecule has 0 aromatic carbocycles. The van der Waals surface area contributed by atoms with E-state index in [1.165, 1.54) is 12.3 Å². The molecule has 2 aromatic heterocycles. The lowest BCUT2D eigenvalue weighted by Gasteiger charge is -2.25. The third kappa shape index (κ3) is 6.27. The lowest BCUT2D eigenvalue weighted by Crippen LogP contribution is -2.53. The van der Waals surface area contributed by atoms with Gasteiger partial charge in [-0.05, 0) is 56.4 Å². The van der Waals surface area contributed by atoms with Crippen LogP contribution in [0.1, 0.15) is 62.4 Å². The molecule has 3 heterocycles. The van der Waals surface area contributed by atoms with E-state index in [0.717, 1.165) is 30.0 Å². The van der Waals surface area contributed by atoms with Crippen LogP contribution in [0.4, 0.5) is 0 Å². The smallest absolute Gasteiger partial charge is 0.268 e. The molecule has 0 radical (unpaired) electrons. The van der Waals surface area contributed by atoms with Gasteiger partial charge in [0, 0.05) is 25.5 Å². The summed E-state index contributed by atoms with van der Waals surface area (Å²) in [4.78, 5) is 43.4. The minimum atomic E-state index is -3.97. The molecule has 1 aliphatic heterocycles. The molecule has 1 aliphatic carbocycles. The normalized spacial score (nSPS) is 22.4. The first-order valence-electron chi connectivity index (χ1n) is 12.8. The molecule has 37 heavy (non-hydrogen) atoms. The number of carbonyl (C=O) groups is 3. The highest BCUT2D eigenvalue weighted by molar-refractivity contribution is 7.89. The van der Waals surface area contributed by atoms with Crippen molar-refractivity contribution < 1.29 is 22.8 Å². The first-order valence-corrected chi connectivity index (χ1v) is 14.3. The van der Waals surface area contributed by atoms with E-state index in [1.807, 2.05) is 0 Å². The second-order valence-corrected chi connectivity index (χ2v) is 11.9. The zero-order valence-corrected chi connectivity index (χ0v) is 22.1. The summed E-state index contributed by atoms with van der Waals surface area (Å²) < 4.78 is 29.2. The van der Waals surface area contributed by atoms with E-state index in [2.05, 4.69) is 15.6 Å². The highest BCUT2D eigenvalue weighted by atomic mass is 32.2. The van der Waals surface area contributed by atoms with Crippen molar-refractivity contribution in [3.63, 3.8) is 0 Å². The molecule has 0 spiro atoms. The molecule has 4 rings (SSSR count). The van der Waals surface area contributed by atoms with Gasteiger partial charge in [0.05, 0.1) is 12.6 Å². The number of carbonyl (C=O) groups excluding carboxylic acids is 3. The zero-order valence-electron chi connectivity index (χ0n) is 21.3. The standard InChI is InChI=1S/C26H35N5O5S/c1-18-12-13-20(23(32)17-31(18)37(35,36)24-11-5-6-14-27-24)28-25(33)21(16-19-8-3-4-9-19)29-26(34)22-10-7-15-30(22)2/h5-7,10-11,14-15,18-21H,3-4,8-9,12-13,16-17H2,1-2H3,(H,28,33)(H,29,34)/t18-,20?,21+/m1/s1. The van der Waals surface area contributed by atoms with Gasteiger partial charge in [0.15, 0.2) is 10.8 Å². The fourth-order valence-electron chi connectivity index (χ4n) is 5.24. The topological polar surface area (TPSA) is 130 Å². The number of nitrogens with one attached hydrogen (secondary N) is 2. The summed E-state index contributed by atoms with van der Waals surface area (Å²) in [6.07, 6.45) is 8.57. The molecule has 2 amide bonds. The number of aromatic nitrogens is 2. The minimum Gasteiger partial charge on any atom is -0.347 e. The number of rotatable bonds is 8. The Labute approximate surface area is 217 Å². The highest BCUT2D eigenvalue weighted by Crippen LogP contribution is 2.29. The summed E-state index contributed by atoms with van der Waals surface area (Å²) in [6, 6.07) is 6.00. The van der Waals surface area contributed by atoms with Gasteiger partial charge in [-0.1, -0.05) is 31.7 Å². The lowest BCUT2D eigenvalue weighted by atomic mass is 9.97. The van der Waals surface area contributed by atoms with E-state index in [-0.39, 0.29) is 23.3 Å². The van der Waals surface area contributed by atoms with Gasteiger partial charge in [-0.3, -0.25) is 14.4 Å². The molecule has 2 aromatic rings. The average Bonchev–Trinajstić information content (AvgIpc) is 3.53. The molecule has 2 N–H and O–H groups in total. The third-order valence-electron chi connectivity index (χ3n) is 7.43. The summed E-state index contributed by atoms with van der Waals surface area (Å²) in [6.45, 7) is 1.40. The van der Waals surface area contributed by atoms with Crippen LogP contribution in [0.2, 0.25) is 0 Å². The Kier molecular flexibility index (Phi) is 8.43. The van der Waals surface area contributed by atoms with Crippen LogP contribution in [0, 0.1) is 5.92 Å². The number of aryl methyl sites for hydroxylation is 1. The number of hydrogen-bond acceptors (Lipinski definition) is 6. The molecule has 11 heteroatoms. The van der Waals surface area contributed by atoms with E-state index in [4.69, 9.17) is 0 Å². The molecule has 200 valence electrons. The molecule has 1 saturated carbocycles. The number of sulfonamides is 1. The van der Waals surface area contributed by atoms with Gasteiger partial charge < -0.3 is 15.2 Å².